The molecule has 31 heavy (non-hydrogen) atoms. The quantitative estimate of drug-likeness (QED) is 0.594. The molecule has 1 N–H and O–H groups in total. The molecule has 0 saturated carbocycles. The van der Waals surface area contributed by atoms with E-state index in [1.807, 2.05) is 26.1 Å². The second-order valence-corrected chi connectivity index (χ2v) is 7.67. The highest BCUT2D eigenvalue weighted by Crippen LogP contribution is 2.31. The van der Waals surface area contributed by atoms with Crippen LogP contribution in [0.1, 0.15) is 39.4 Å². The van der Waals surface area contributed by atoms with Crippen LogP contribution in [0.15, 0.2) is 46.5 Å². The van der Waals surface area contributed by atoms with Crippen molar-refractivity contribution < 1.29 is 9.13 Å². The van der Waals surface area contributed by atoms with E-state index in [0.29, 0.717) is 36.1 Å². The number of hydrogen-bond acceptors (Lipinski definition) is 6. The van der Waals surface area contributed by atoms with E-state index < -0.39 is 0 Å². The standard InChI is InChI=1S/C23H27FN6O/c1-5-19-14(2)17(15(3)26-19)10-11-31-21-12-16(24)6-7-18(21)20-8-9-22-27-28-23(13-25-4)30(22)29-20/h6-9,12,19,25H,5,10-11,13H2,1-4H3. The molecule has 1 aliphatic rings. The monoisotopic (exact) mass is 422 g/mol. The van der Waals surface area contributed by atoms with Crippen LogP contribution in [0.4, 0.5) is 4.39 Å². The van der Waals surface area contributed by atoms with Gasteiger partial charge in [0.2, 0.25) is 0 Å². The molecule has 3 heterocycles. The van der Waals surface area contributed by atoms with Crippen molar-refractivity contribution in [2.24, 2.45) is 4.99 Å². The summed E-state index contributed by atoms with van der Waals surface area (Å²) in [6.07, 6.45) is 1.73. The van der Waals surface area contributed by atoms with Gasteiger partial charge in [-0.05, 0) is 62.7 Å². The zero-order valence-electron chi connectivity index (χ0n) is 18.3. The Balaban J connectivity index is 1.59. The molecule has 0 fully saturated rings. The van der Waals surface area contributed by atoms with Crippen molar-refractivity contribution in [3.05, 3.63) is 53.1 Å². The lowest BCUT2D eigenvalue weighted by atomic mass is 10.0. The Kier molecular flexibility index (Phi) is 6.08. The second kappa shape index (κ2) is 8.93. The number of hydrogen-bond donors (Lipinski definition) is 1. The van der Waals surface area contributed by atoms with Crippen molar-refractivity contribution in [3.63, 3.8) is 0 Å². The van der Waals surface area contributed by atoms with Crippen LogP contribution in [0.5, 0.6) is 5.75 Å². The van der Waals surface area contributed by atoms with E-state index in [1.165, 1.54) is 23.3 Å². The minimum Gasteiger partial charge on any atom is -0.492 e. The summed E-state index contributed by atoms with van der Waals surface area (Å²) >= 11 is 0. The maximum atomic E-state index is 14.0. The highest BCUT2D eigenvalue weighted by Gasteiger charge is 2.21. The molecular weight excluding hydrogens is 395 g/mol. The lowest BCUT2D eigenvalue weighted by Gasteiger charge is -2.13. The van der Waals surface area contributed by atoms with Gasteiger partial charge in [0.15, 0.2) is 11.5 Å². The predicted octanol–water partition coefficient (Wildman–Crippen LogP) is 3.99. The van der Waals surface area contributed by atoms with Crippen molar-refractivity contribution in [1.29, 1.82) is 0 Å². The van der Waals surface area contributed by atoms with Gasteiger partial charge in [0.05, 0.1) is 24.9 Å². The van der Waals surface area contributed by atoms with Crippen molar-refractivity contribution >= 4 is 11.4 Å². The van der Waals surface area contributed by atoms with Gasteiger partial charge in [0.1, 0.15) is 11.6 Å². The third-order valence-electron chi connectivity index (χ3n) is 5.64. The van der Waals surface area contributed by atoms with Gasteiger partial charge in [-0.15, -0.1) is 10.2 Å². The molecular formula is C23H27FN6O. The number of ether oxygens (including phenoxy) is 1. The highest BCUT2D eigenvalue weighted by molar-refractivity contribution is 6.01. The first-order valence-corrected chi connectivity index (χ1v) is 10.5. The van der Waals surface area contributed by atoms with Gasteiger partial charge in [-0.3, -0.25) is 4.99 Å². The summed E-state index contributed by atoms with van der Waals surface area (Å²) in [5, 5.41) is 16.0. The largest absolute Gasteiger partial charge is 0.492 e. The third-order valence-corrected chi connectivity index (χ3v) is 5.64. The van der Waals surface area contributed by atoms with Crippen molar-refractivity contribution in [2.75, 3.05) is 13.7 Å². The molecule has 0 radical (unpaired) electrons. The summed E-state index contributed by atoms with van der Waals surface area (Å²) < 4.78 is 21.8. The van der Waals surface area contributed by atoms with E-state index in [2.05, 4.69) is 34.5 Å². The third kappa shape index (κ3) is 4.20. The molecule has 0 spiro atoms. The number of rotatable bonds is 8. The van der Waals surface area contributed by atoms with E-state index in [1.54, 1.807) is 10.6 Å². The molecule has 1 aliphatic heterocycles. The summed E-state index contributed by atoms with van der Waals surface area (Å²) in [6, 6.07) is 8.49. The van der Waals surface area contributed by atoms with Crippen LogP contribution in [0.2, 0.25) is 0 Å². The number of halogens is 1. The van der Waals surface area contributed by atoms with Crippen LogP contribution in [-0.4, -0.2) is 45.2 Å². The Hall–Kier alpha value is -3.13. The van der Waals surface area contributed by atoms with E-state index in [0.717, 1.165) is 24.1 Å². The number of fused-ring (bicyclic) bond motifs is 1. The van der Waals surface area contributed by atoms with Crippen molar-refractivity contribution in [3.8, 4) is 17.0 Å². The maximum Gasteiger partial charge on any atom is 0.177 e. The van der Waals surface area contributed by atoms with Crippen LogP contribution < -0.4 is 10.1 Å². The Morgan fingerprint density at radius 3 is 2.74 bits per heavy atom. The second-order valence-electron chi connectivity index (χ2n) is 7.67. The number of nitrogens with one attached hydrogen (secondary N) is 1. The molecule has 7 nitrogen and oxygen atoms in total. The summed E-state index contributed by atoms with van der Waals surface area (Å²) in [6.45, 7) is 7.30. The topological polar surface area (TPSA) is 76.7 Å². The van der Waals surface area contributed by atoms with E-state index in [4.69, 9.17) is 9.73 Å². The average Bonchev–Trinajstić information content (AvgIpc) is 3.29. The highest BCUT2D eigenvalue weighted by atomic mass is 19.1. The molecule has 4 rings (SSSR count). The molecule has 0 amide bonds. The first-order valence-electron chi connectivity index (χ1n) is 10.5. The minimum absolute atomic E-state index is 0.270. The number of aromatic nitrogens is 4. The van der Waals surface area contributed by atoms with Crippen LogP contribution in [0, 0.1) is 5.82 Å². The van der Waals surface area contributed by atoms with Crippen molar-refractivity contribution in [2.45, 2.75) is 46.2 Å². The first kappa shape index (κ1) is 21.1. The van der Waals surface area contributed by atoms with Gasteiger partial charge in [-0.25, -0.2) is 4.39 Å². The van der Waals surface area contributed by atoms with Gasteiger partial charge in [-0.1, -0.05) is 6.92 Å². The fourth-order valence-electron chi connectivity index (χ4n) is 4.01. The molecule has 0 bridgehead atoms. The molecule has 8 heteroatoms. The van der Waals surface area contributed by atoms with Gasteiger partial charge in [0.25, 0.3) is 0 Å². The van der Waals surface area contributed by atoms with Crippen LogP contribution >= 0.6 is 0 Å². The first-order chi connectivity index (χ1) is 15.0. The Morgan fingerprint density at radius 1 is 1.16 bits per heavy atom. The minimum atomic E-state index is -0.347. The van der Waals surface area contributed by atoms with Crippen LogP contribution in [0.3, 0.4) is 0 Å². The summed E-state index contributed by atoms with van der Waals surface area (Å²) in [4.78, 5) is 4.72. The van der Waals surface area contributed by atoms with E-state index in [-0.39, 0.29) is 11.9 Å². The predicted molar refractivity (Wildman–Crippen MR) is 119 cm³/mol. The molecule has 162 valence electrons. The molecule has 2 aromatic heterocycles. The smallest absolute Gasteiger partial charge is 0.177 e. The molecule has 1 aromatic carbocycles. The van der Waals surface area contributed by atoms with Crippen LogP contribution in [0.25, 0.3) is 16.9 Å². The number of nitrogens with zero attached hydrogens (tertiary/aromatic N) is 5. The van der Waals surface area contributed by atoms with E-state index in [9.17, 15) is 4.39 Å². The zero-order chi connectivity index (χ0) is 22.0. The molecule has 1 unspecified atom stereocenters. The fourth-order valence-corrected chi connectivity index (χ4v) is 4.01. The summed E-state index contributed by atoms with van der Waals surface area (Å²) in [7, 11) is 1.84. The Labute approximate surface area is 181 Å². The zero-order valence-corrected chi connectivity index (χ0v) is 18.3. The Morgan fingerprint density at radius 2 is 2.00 bits per heavy atom. The lowest BCUT2D eigenvalue weighted by molar-refractivity contribution is 0.322. The summed E-state index contributed by atoms with van der Waals surface area (Å²) in [5.41, 5.74) is 5.66. The van der Waals surface area contributed by atoms with Crippen LogP contribution in [-0.2, 0) is 6.54 Å². The molecule has 0 aliphatic carbocycles. The average molecular weight is 423 g/mol. The van der Waals surface area contributed by atoms with E-state index >= 15 is 0 Å². The van der Waals surface area contributed by atoms with Gasteiger partial charge >= 0.3 is 0 Å². The van der Waals surface area contributed by atoms with Crippen molar-refractivity contribution in [1.82, 2.24) is 25.1 Å². The molecule has 0 saturated heterocycles. The Bertz CT molecular complexity index is 1170. The van der Waals surface area contributed by atoms with Gasteiger partial charge in [-0.2, -0.15) is 9.61 Å². The SMILES string of the molecule is CCC1N=C(C)C(CCOc2cc(F)ccc2-c2ccc3nnc(CNC)n3n2)=C1C. The molecule has 3 aromatic rings. The lowest BCUT2D eigenvalue weighted by Crippen LogP contribution is -2.10. The molecule has 1 atom stereocenters. The maximum absolute atomic E-state index is 14.0. The number of benzene rings is 1. The van der Waals surface area contributed by atoms with Gasteiger partial charge in [0, 0.05) is 23.8 Å². The fraction of sp³-hybridized carbons (Fsp3) is 0.391. The number of aliphatic imine (C=N–C) groups is 1. The van der Waals surface area contributed by atoms with Gasteiger partial charge < -0.3 is 10.1 Å². The summed E-state index contributed by atoms with van der Waals surface area (Å²) in [5.74, 6) is 0.820. The normalized spacial score (nSPS) is 16.3.